The Bertz CT molecular complexity index is 2120. The van der Waals surface area contributed by atoms with Gasteiger partial charge in [-0.25, -0.2) is 24.4 Å². The molecule has 27 nitrogen and oxygen atoms in total. The summed E-state index contributed by atoms with van der Waals surface area (Å²) in [6.45, 7) is 7.90. The number of benzene rings is 1. The van der Waals surface area contributed by atoms with Crippen molar-refractivity contribution in [2.45, 2.75) is 128 Å². The third-order valence-electron chi connectivity index (χ3n) is 9.48. The van der Waals surface area contributed by atoms with Crippen LogP contribution in [0.1, 0.15) is 84.9 Å². The highest BCUT2D eigenvalue weighted by molar-refractivity contribution is 7.47. The number of hydrogen-bond donors (Lipinski definition) is 10. The lowest BCUT2D eigenvalue weighted by Gasteiger charge is -2.24. The van der Waals surface area contributed by atoms with Gasteiger partial charge in [-0.15, -0.1) is 0 Å². The third-order valence-corrected chi connectivity index (χ3v) is 10.3. The maximum atomic E-state index is 13.8. The molecule has 67 heavy (non-hydrogen) atoms. The van der Waals surface area contributed by atoms with E-state index in [-0.39, 0.29) is 62.8 Å². The Hall–Kier alpha value is -5.80. The van der Waals surface area contributed by atoms with Gasteiger partial charge in [-0.2, -0.15) is 9.61 Å². The third kappa shape index (κ3) is 19.5. The van der Waals surface area contributed by atoms with E-state index in [0.717, 1.165) is 4.57 Å². The van der Waals surface area contributed by atoms with Crippen LogP contribution >= 0.6 is 7.82 Å². The smallest absolute Gasteiger partial charge is 0.459 e. The van der Waals surface area contributed by atoms with Crippen molar-refractivity contribution in [3.63, 3.8) is 0 Å². The van der Waals surface area contributed by atoms with E-state index in [1.807, 2.05) is 19.3 Å². The number of aliphatic hydroxyl groups excluding tert-OH is 2. The molecule has 8 atom stereocenters. The number of nitrogen functional groups attached to an aromatic ring is 1. The molecule has 1 aromatic heterocycles. The number of aromatic nitrogens is 2. The van der Waals surface area contributed by atoms with Crippen molar-refractivity contribution in [1.29, 1.82) is 0 Å². The van der Waals surface area contributed by atoms with Crippen LogP contribution in [-0.2, 0) is 48.9 Å². The minimum absolute atomic E-state index is 0.0616. The number of aliphatic imine (C=N–C) groups is 1. The fourth-order valence-electron chi connectivity index (χ4n) is 6.14. The number of nitrogens with two attached hydrogens (primary N) is 3. The van der Waals surface area contributed by atoms with Gasteiger partial charge in [0.1, 0.15) is 48.4 Å². The number of anilines is 1. The Labute approximate surface area is 385 Å². The molecule has 4 unspecified atom stereocenters. The van der Waals surface area contributed by atoms with Gasteiger partial charge in [-0.1, -0.05) is 13.8 Å². The maximum Gasteiger partial charge on any atom is 0.493 e. The molecule has 1 aliphatic rings. The van der Waals surface area contributed by atoms with E-state index in [1.165, 1.54) is 36.5 Å². The van der Waals surface area contributed by atoms with E-state index in [1.54, 1.807) is 20.8 Å². The van der Waals surface area contributed by atoms with Gasteiger partial charge in [-0.3, -0.25) is 33.8 Å². The van der Waals surface area contributed by atoms with Gasteiger partial charge in [0.2, 0.25) is 17.8 Å². The van der Waals surface area contributed by atoms with Crippen molar-refractivity contribution in [2.24, 2.45) is 22.4 Å². The standard InChI is InChI=1S/C39H62N11O16P/c1-22(2)19-27(35(55)62-20-23-11-13-24(14-12-23)50(58)59)46-33(54)26(45-32(53)25(40)9-6-7-16-44-38(57)65-39(3,4)5)10-8-17-43-36(42)48-66-67(60,61)63-21-28-30(51)31(52)34(64-28)49-18-15-29(41)47-37(49)56/h11-15,18,22,25-28,30-31,34,51-52H,6-10,16-17,19-21,40H2,1-5H3,(H,44,57)(H,45,53)(H,46,54)(H,60,61)(H2,41,47,56)(H3,42,43,48)/t25?,26?,27?,28-,30-,31-,34-/m1/s1. The Morgan fingerprint density at radius 1 is 1.03 bits per heavy atom. The molecule has 0 radical (unpaired) electrons. The van der Waals surface area contributed by atoms with E-state index < -0.39 is 103 Å². The van der Waals surface area contributed by atoms with E-state index in [9.17, 15) is 53.8 Å². The number of nitro benzene ring substituents is 1. The van der Waals surface area contributed by atoms with Crippen LogP contribution in [0.15, 0.2) is 46.3 Å². The van der Waals surface area contributed by atoms with Gasteiger partial charge in [0.05, 0.1) is 17.6 Å². The van der Waals surface area contributed by atoms with Crippen molar-refractivity contribution in [1.82, 2.24) is 31.0 Å². The van der Waals surface area contributed by atoms with Crippen LogP contribution in [0.2, 0.25) is 0 Å². The largest absolute Gasteiger partial charge is 0.493 e. The molecule has 1 aromatic carbocycles. The van der Waals surface area contributed by atoms with Crippen LogP contribution in [0.25, 0.3) is 0 Å². The van der Waals surface area contributed by atoms with Gasteiger partial charge < -0.3 is 62.5 Å². The number of guanidine groups is 1. The van der Waals surface area contributed by atoms with Crippen molar-refractivity contribution >= 4 is 49.2 Å². The van der Waals surface area contributed by atoms with Crippen LogP contribution in [0.5, 0.6) is 0 Å². The first kappa shape index (κ1) is 55.5. The molecule has 3 amide bonds. The van der Waals surface area contributed by atoms with E-state index >= 15 is 0 Å². The number of carbonyl (C=O) groups excluding carboxylic acids is 4. The second kappa shape index (κ2) is 25.9. The molecule has 374 valence electrons. The zero-order chi connectivity index (χ0) is 50.1. The van der Waals surface area contributed by atoms with Crippen molar-refractivity contribution < 1.29 is 67.1 Å². The first-order chi connectivity index (χ1) is 31.3. The van der Waals surface area contributed by atoms with Crippen molar-refractivity contribution in [3.8, 4) is 0 Å². The molecule has 3 rings (SSSR count). The number of hydrogen-bond acceptors (Lipinski definition) is 19. The summed E-state index contributed by atoms with van der Waals surface area (Å²) in [7, 11) is -4.97. The Balaban J connectivity index is 1.60. The number of alkyl carbamates (subject to hydrolysis) is 1. The van der Waals surface area contributed by atoms with Crippen LogP contribution in [0.3, 0.4) is 0 Å². The zero-order valence-electron chi connectivity index (χ0n) is 37.8. The minimum Gasteiger partial charge on any atom is -0.459 e. The number of carbonyl (C=O) groups is 4. The maximum absolute atomic E-state index is 13.8. The Morgan fingerprint density at radius 3 is 2.33 bits per heavy atom. The number of non-ortho nitro benzene ring substituents is 1. The highest BCUT2D eigenvalue weighted by atomic mass is 31.2. The quantitative estimate of drug-likeness (QED) is 0.0118. The van der Waals surface area contributed by atoms with Gasteiger partial charge >= 0.3 is 25.6 Å². The number of rotatable bonds is 25. The van der Waals surface area contributed by atoms with Gasteiger partial charge in [0, 0.05) is 31.4 Å². The normalized spacial score (nSPS) is 19.6. The first-order valence-corrected chi connectivity index (χ1v) is 22.7. The number of nitro groups is 1. The molecule has 1 saturated heterocycles. The molecule has 0 aliphatic carbocycles. The summed E-state index contributed by atoms with van der Waals surface area (Å²) in [5, 5.41) is 39.7. The number of nitrogens with one attached hydrogen (secondary N) is 4. The summed E-state index contributed by atoms with van der Waals surface area (Å²) in [6.07, 6.45) is -4.35. The van der Waals surface area contributed by atoms with Crippen molar-refractivity contribution in [2.75, 3.05) is 25.4 Å². The van der Waals surface area contributed by atoms with Crippen LogP contribution in [-0.4, -0.2) is 121 Å². The average molecular weight is 972 g/mol. The molecular formula is C39H62N11O16P. The molecule has 0 saturated carbocycles. The average Bonchev–Trinajstić information content (AvgIpc) is 3.52. The molecule has 2 aromatic rings. The lowest BCUT2D eigenvalue weighted by molar-refractivity contribution is -0.384. The van der Waals surface area contributed by atoms with E-state index in [2.05, 4.69) is 30.6 Å². The number of unbranched alkanes of at least 4 members (excludes halogenated alkanes) is 1. The predicted octanol–water partition coefficient (Wildman–Crippen LogP) is -0.133. The summed E-state index contributed by atoms with van der Waals surface area (Å²) in [6, 6.07) is 3.13. The second-order valence-corrected chi connectivity index (χ2v) is 18.1. The fourth-order valence-corrected chi connectivity index (χ4v) is 6.74. The molecule has 0 spiro atoms. The number of ether oxygens (including phenoxy) is 3. The molecule has 2 heterocycles. The van der Waals surface area contributed by atoms with Crippen LogP contribution in [0.4, 0.5) is 16.3 Å². The van der Waals surface area contributed by atoms with E-state index in [4.69, 9.17) is 35.9 Å². The summed E-state index contributed by atoms with van der Waals surface area (Å²) in [4.78, 5) is 92.6. The topological polar surface area (TPSA) is 409 Å². The van der Waals surface area contributed by atoms with Crippen LogP contribution in [0, 0.1) is 16.0 Å². The molecule has 1 aliphatic heterocycles. The van der Waals surface area contributed by atoms with Crippen molar-refractivity contribution in [3.05, 3.63) is 62.7 Å². The lowest BCUT2D eigenvalue weighted by Crippen LogP contribution is -2.54. The number of amides is 3. The molecule has 13 N–H and O–H groups in total. The molecule has 0 bridgehead atoms. The second-order valence-electron chi connectivity index (χ2n) is 16.8. The van der Waals surface area contributed by atoms with Gasteiger partial charge in [0.25, 0.3) is 5.69 Å². The fraction of sp³-hybridized carbons (Fsp3) is 0.615. The van der Waals surface area contributed by atoms with E-state index in [0.29, 0.717) is 18.4 Å². The summed E-state index contributed by atoms with van der Waals surface area (Å²) < 4.78 is 39.1. The van der Waals surface area contributed by atoms with Gasteiger partial charge in [-0.05, 0) is 89.0 Å². The SMILES string of the molecule is CC(C)CC(NC(=O)C(CCCN=C(N)NOP(=O)(O)OC[C@H]1O[C@@H](n2ccc(N)nc2=O)[C@H](O)[C@@H]1O)NC(=O)C(N)CCCCNC(=O)OC(C)(C)C)C(=O)OCc1ccc([N+](=O)[O-])cc1. The summed E-state index contributed by atoms with van der Waals surface area (Å²) in [5.74, 6) is -2.95. The number of phosphoric acid groups is 1. The Kier molecular flexibility index (Phi) is 21.5. The predicted molar refractivity (Wildman–Crippen MR) is 237 cm³/mol. The van der Waals surface area contributed by atoms with Crippen LogP contribution < -0.4 is 44.3 Å². The monoisotopic (exact) mass is 971 g/mol. The summed E-state index contributed by atoms with van der Waals surface area (Å²) in [5.41, 5.74) is 18.1. The highest BCUT2D eigenvalue weighted by Crippen LogP contribution is 2.43. The molecule has 28 heteroatoms. The number of hydroxylamine groups is 1. The molecular weight excluding hydrogens is 909 g/mol. The summed E-state index contributed by atoms with van der Waals surface area (Å²) >= 11 is 0. The number of nitrogens with zero attached hydrogens (tertiary/aromatic N) is 4. The zero-order valence-corrected chi connectivity index (χ0v) is 38.7. The lowest BCUT2D eigenvalue weighted by atomic mass is 10.0. The number of esters is 1. The van der Waals surface area contributed by atoms with Gasteiger partial charge in [0.15, 0.2) is 6.23 Å². The highest BCUT2D eigenvalue weighted by Gasteiger charge is 2.45. The number of phosphoric ester groups is 1. The first-order valence-electron chi connectivity index (χ1n) is 21.2. The Morgan fingerprint density at radius 2 is 1.70 bits per heavy atom. The number of aliphatic hydroxyl groups is 2. The molecule has 1 fully saturated rings. The minimum atomic E-state index is -4.97.